The average Bonchev–Trinajstić information content (AvgIpc) is 2.89. The molecule has 0 unspecified atom stereocenters. The van der Waals surface area contributed by atoms with E-state index in [0.29, 0.717) is 4.70 Å². The van der Waals surface area contributed by atoms with Gasteiger partial charge in [-0.2, -0.15) is 4.31 Å². The molecule has 0 N–H and O–H groups in total. The SMILES string of the molecule is COc1ccc(CN(C)S(=O)(=O)c2ccc3c(c2)sc(=O)n3C)cc1. The number of rotatable bonds is 5. The van der Waals surface area contributed by atoms with Crippen LogP contribution in [-0.2, 0) is 23.6 Å². The van der Waals surface area contributed by atoms with Gasteiger partial charge in [0.25, 0.3) is 0 Å². The number of sulfonamides is 1. The van der Waals surface area contributed by atoms with E-state index < -0.39 is 10.0 Å². The first-order valence-corrected chi connectivity index (χ1v) is 9.77. The summed E-state index contributed by atoms with van der Waals surface area (Å²) in [5.74, 6) is 0.721. The summed E-state index contributed by atoms with van der Waals surface area (Å²) in [6, 6.07) is 12.0. The van der Waals surface area contributed by atoms with Crippen molar-refractivity contribution >= 4 is 31.6 Å². The normalized spacial score (nSPS) is 12.0. The van der Waals surface area contributed by atoms with Crippen LogP contribution in [-0.4, -0.2) is 31.4 Å². The summed E-state index contributed by atoms with van der Waals surface area (Å²) in [5, 5.41) is 0. The van der Waals surface area contributed by atoms with Gasteiger partial charge < -0.3 is 9.30 Å². The lowest BCUT2D eigenvalue weighted by Gasteiger charge is -2.17. The Morgan fingerprint density at radius 3 is 2.48 bits per heavy atom. The van der Waals surface area contributed by atoms with Crippen molar-refractivity contribution in [2.75, 3.05) is 14.2 Å². The van der Waals surface area contributed by atoms with Crippen LogP contribution in [0.4, 0.5) is 0 Å². The van der Waals surface area contributed by atoms with Crippen molar-refractivity contribution in [1.82, 2.24) is 8.87 Å². The number of methoxy groups -OCH3 is 1. The minimum atomic E-state index is -3.65. The molecule has 0 atom stereocenters. The third-order valence-electron chi connectivity index (χ3n) is 4.04. The van der Waals surface area contributed by atoms with Crippen molar-refractivity contribution in [2.45, 2.75) is 11.4 Å². The van der Waals surface area contributed by atoms with Crippen molar-refractivity contribution in [3.63, 3.8) is 0 Å². The summed E-state index contributed by atoms with van der Waals surface area (Å²) in [6.45, 7) is 0.245. The molecule has 0 fully saturated rings. The van der Waals surface area contributed by atoms with Crippen molar-refractivity contribution in [2.24, 2.45) is 7.05 Å². The molecule has 8 heteroatoms. The zero-order chi connectivity index (χ0) is 18.2. The second kappa shape index (κ2) is 6.62. The minimum Gasteiger partial charge on any atom is -0.497 e. The molecule has 0 amide bonds. The zero-order valence-corrected chi connectivity index (χ0v) is 15.7. The van der Waals surface area contributed by atoms with Gasteiger partial charge in [-0.25, -0.2) is 8.42 Å². The maximum absolute atomic E-state index is 12.8. The molecule has 6 nitrogen and oxygen atoms in total. The van der Waals surface area contributed by atoms with Crippen LogP contribution in [0.1, 0.15) is 5.56 Å². The topological polar surface area (TPSA) is 68.6 Å². The highest BCUT2D eigenvalue weighted by Gasteiger charge is 2.22. The Morgan fingerprint density at radius 1 is 1.16 bits per heavy atom. The van der Waals surface area contributed by atoms with Crippen LogP contribution < -0.4 is 9.61 Å². The largest absolute Gasteiger partial charge is 0.497 e. The fourth-order valence-electron chi connectivity index (χ4n) is 2.53. The molecule has 1 heterocycles. The van der Waals surface area contributed by atoms with E-state index in [9.17, 15) is 13.2 Å². The molecule has 0 saturated carbocycles. The summed E-state index contributed by atoms with van der Waals surface area (Å²) >= 11 is 1.04. The third kappa shape index (κ3) is 3.33. The first-order valence-electron chi connectivity index (χ1n) is 7.52. The molecule has 0 spiro atoms. The molecule has 0 bridgehead atoms. The number of aryl methyl sites for hydroxylation is 1. The molecule has 3 aromatic rings. The van der Waals surface area contributed by atoms with E-state index in [1.165, 1.54) is 22.0 Å². The number of hydrogen-bond donors (Lipinski definition) is 0. The zero-order valence-electron chi connectivity index (χ0n) is 14.1. The van der Waals surface area contributed by atoms with E-state index >= 15 is 0 Å². The molecule has 25 heavy (non-hydrogen) atoms. The summed E-state index contributed by atoms with van der Waals surface area (Å²) in [5.41, 5.74) is 1.59. The number of hydrogen-bond acceptors (Lipinski definition) is 5. The predicted molar refractivity (Wildman–Crippen MR) is 98.7 cm³/mol. The highest BCUT2D eigenvalue weighted by molar-refractivity contribution is 7.89. The van der Waals surface area contributed by atoms with Crippen LogP contribution in [0.2, 0.25) is 0 Å². The number of aromatic nitrogens is 1. The number of benzene rings is 2. The van der Waals surface area contributed by atoms with Crippen LogP contribution >= 0.6 is 11.3 Å². The molecule has 0 aliphatic heterocycles. The second-order valence-electron chi connectivity index (χ2n) is 5.67. The Morgan fingerprint density at radius 2 is 1.84 bits per heavy atom. The number of ether oxygens (including phenoxy) is 1. The van der Waals surface area contributed by atoms with E-state index in [2.05, 4.69) is 0 Å². The highest BCUT2D eigenvalue weighted by atomic mass is 32.2. The van der Waals surface area contributed by atoms with Gasteiger partial charge in [-0.05, 0) is 35.9 Å². The Bertz CT molecular complexity index is 1070. The maximum atomic E-state index is 12.8. The van der Waals surface area contributed by atoms with E-state index in [1.807, 2.05) is 12.1 Å². The summed E-state index contributed by atoms with van der Waals surface area (Å²) in [6.07, 6.45) is 0. The maximum Gasteiger partial charge on any atom is 0.307 e. The lowest BCUT2D eigenvalue weighted by molar-refractivity contribution is 0.414. The summed E-state index contributed by atoms with van der Waals surface area (Å²) < 4.78 is 34.2. The van der Waals surface area contributed by atoms with Crippen molar-refractivity contribution in [3.8, 4) is 5.75 Å². The summed E-state index contributed by atoms with van der Waals surface area (Å²) in [7, 11) is 1.14. The summed E-state index contributed by atoms with van der Waals surface area (Å²) in [4.78, 5) is 11.8. The van der Waals surface area contributed by atoms with Crippen LogP contribution in [0.25, 0.3) is 10.2 Å². The van der Waals surface area contributed by atoms with Gasteiger partial charge in [-0.3, -0.25) is 4.79 Å². The molecular weight excluding hydrogens is 360 g/mol. The second-order valence-corrected chi connectivity index (χ2v) is 8.70. The Kier molecular flexibility index (Phi) is 4.68. The first-order chi connectivity index (χ1) is 11.8. The van der Waals surface area contributed by atoms with Crippen LogP contribution in [0.3, 0.4) is 0 Å². The van der Waals surface area contributed by atoms with E-state index in [4.69, 9.17) is 4.74 Å². The fraction of sp³-hybridized carbons (Fsp3) is 0.235. The van der Waals surface area contributed by atoms with E-state index in [-0.39, 0.29) is 16.3 Å². The van der Waals surface area contributed by atoms with Crippen molar-refractivity contribution < 1.29 is 13.2 Å². The monoisotopic (exact) mass is 378 g/mol. The van der Waals surface area contributed by atoms with Gasteiger partial charge in [0, 0.05) is 20.6 Å². The molecule has 0 aliphatic carbocycles. The fourth-order valence-corrected chi connectivity index (χ4v) is 4.71. The van der Waals surface area contributed by atoms with Gasteiger partial charge in [0.15, 0.2) is 0 Å². The van der Waals surface area contributed by atoms with Gasteiger partial charge in [0.2, 0.25) is 10.0 Å². The first kappa shape index (κ1) is 17.7. The van der Waals surface area contributed by atoms with Crippen LogP contribution in [0.5, 0.6) is 5.75 Å². The Balaban J connectivity index is 1.90. The van der Waals surface area contributed by atoms with Gasteiger partial charge in [0.1, 0.15) is 5.75 Å². The third-order valence-corrected chi connectivity index (χ3v) is 6.83. The Hall–Kier alpha value is -2.16. The molecule has 1 aromatic heterocycles. The lowest BCUT2D eigenvalue weighted by atomic mass is 10.2. The Labute approximate surface area is 149 Å². The molecule has 2 aromatic carbocycles. The standard InChI is InChI=1S/C17H18N2O4S2/c1-18(11-12-4-6-13(23-3)7-5-12)25(21,22)14-8-9-15-16(10-14)24-17(20)19(15)2/h4-10H,11H2,1-3H3. The van der Waals surface area contributed by atoms with Gasteiger partial charge in [0.05, 0.1) is 22.2 Å². The van der Waals surface area contributed by atoms with Crippen molar-refractivity contribution in [3.05, 3.63) is 57.7 Å². The highest BCUT2D eigenvalue weighted by Crippen LogP contribution is 2.24. The smallest absolute Gasteiger partial charge is 0.307 e. The van der Waals surface area contributed by atoms with Gasteiger partial charge >= 0.3 is 4.87 Å². The number of nitrogens with zero attached hydrogens (tertiary/aromatic N) is 2. The van der Waals surface area contributed by atoms with Crippen LogP contribution in [0.15, 0.2) is 52.2 Å². The molecule has 132 valence electrons. The van der Waals surface area contributed by atoms with Crippen molar-refractivity contribution in [1.29, 1.82) is 0 Å². The quantitative estimate of drug-likeness (QED) is 0.684. The van der Waals surface area contributed by atoms with E-state index in [1.54, 1.807) is 38.4 Å². The van der Waals surface area contributed by atoms with Crippen LogP contribution in [0, 0.1) is 0 Å². The van der Waals surface area contributed by atoms with Gasteiger partial charge in [-0.15, -0.1) is 0 Å². The molecular formula is C17H18N2O4S2. The molecule has 0 saturated heterocycles. The number of fused-ring (bicyclic) bond motifs is 1. The lowest BCUT2D eigenvalue weighted by Crippen LogP contribution is -2.26. The van der Waals surface area contributed by atoms with E-state index in [0.717, 1.165) is 28.2 Å². The van der Waals surface area contributed by atoms with Gasteiger partial charge in [-0.1, -0.05) is 23.5 Å². The molecule has 0 aliphatic rings. The average molecular weight is 378 g/mol. The molecule has 0 radical (unpaired) electrons. The molecule has 3 rings (SSSR count). The number of thiazole rings is 1. The predicted octanol–water partition coefficient (Wildman–Crippen LogP) is 2.43. The minimum absolute atomic E-state index is 0.115.